The fraction of sp³-hybridized carbons (Fsp3) is 0.125. The lowest BCUT2D eigenvalue weighted by Crippen LogP contribution is -2.30. The largest absolute Gasteiger partial charge is 0.495 e. The predicted octanol–water partition coefficient (Wildman–Crippen LogP) is 7.10. The molecule has 0 radical (unpaired) electrons. The van der Waals surface area contributed by atoms with Gasteiger partial charge in [0.15, 0.2) is 6.10 Å². The Kier molecular flexibility index (Phi) is 6.57. The molecule has 0 aliphatic heterocycles. The predicted molar refractivity (Wildman–Crippen MR) is 151 cm³/mol. The number of esters is 1. The first-order valence-corrected chi connectivity index (χ1v) is 12.7. The van der Waals surface area contributed by atoms with Gasteiger partial charge in [-0.05, 0) is 37.3 Å². The summed E-state index contributed by atoms with van der Waals surface area (Å²) in [4.78, 5) is 26.3. The van der Waals surface area contributed by atoms with E-state index in [4.69, 9.17) is 23.0 Å². The van der Waals surface area contributed by atoms with Crippen LogP contribution in [0.5, 0.6) is 11.5 Å². The molecule has 0 fully saturated rings. The number of furan rings is 2. The molecule has 6 rings (SSSR count). The van der Waals surface area contributed by atoms with Crippen LogP contribution in [0.1, 0.15) is 23.0 Å². The van der Waals surface area contributed by atoms with Crippen molar-refractivity contribution in [2.75, 3.05) is 12.4 Å². The molecule has 1 unspecified atom stereocenters. The molecule has 40 heavy (non-hydrogen) atoms. The smallest absolute Gasteiger partial charge is 0.375 e. The highest BCUT2D eigenvalue weighted by atomic mass is 16.6. The molecule has 2 heterocycles. The Morgan fingerprint density at radius 3 is 2.23 bits per heavy atom. The van der Waals surface area contributed by atoms with E-state index in [-0.39, 0.29) is 12.4 Å². The van der Waals surface area contributed by atoms with Gasteiger partial charge in [0.2, 0.25) is 5.76 Å². The molecule has 0 bridgehead atoms. The van der Waals surface area contributed by atoms with E-state index in [1.54, 1.807) is 18.2 Å². The normalized spacial score (nSPS) is 11.9. The van der Waals surface area contributed by atoms with Crippen molar-refractivity contribution in [1.82, 2.24) is 0 Å². The highest BCUT2D eigenvalue weighted by molar-refractivity contribution is 6.08. The fourth-order valence-electron chi connectivity index (χ4n) is 4.60. The summed E-state index contributed by atoms with van der Waals surface area (Å²) in [6, 6.07) is 27.7. The summed E-state index contributed by atoms with van der Waals surface area (Å²) in [5.41, 5.74) is 2.76. The number of methoxy groups -OCH3 is 1. The molecule has 6 aromatic rings. The van der Waals surface area contributed by atoms with Crippen molar-refractivity contribution >= 4 is 50.5 Å². The first kappa shape index (κ1) is 25.1. The Morgan fingerprint density at radius 2 is 1.48 bits per heavy atom. The number of rotatable bonds is 8. The van der Waals surface area contributed by atoms with Crippen molar-refractivity contribution in [3.63, 3.8) is 0 Å². The first-order valence-electron chi connectivity index (χ1n) is 12.7. The molecular weight excluding hydrogens is 510 g/mol. The Morgan fingerprint density at radius 1 is 0.800 bits per heavy atom. The van der Waals surface area contributed by atoms with Gasteiger partial charge in [0.25, 0.3) is 5.91 Å². The van der Waals surface area contributed by atoms with Gasteiger partial charge in [-0.15, -0.1) is 0 Å². The quantitative estimate of drug-likeness (QED) is 0.207. The van der Waals surface area contributed by atoms with E-state index in [0.29, 0.717) is 33.9 Å². The minimum Gasteiger partial charge on any atom is -0.495 e. The zero-order valence-corrected chi connectivity index (χ0v) is 21.8. The molecule has 200 valence electrons. The van der Waals surface area contributed by atoms with E-state index in [2.05, 4.69) is 5.32 Å². The second kappa shape index (κ2) is 10.5. The lowest BCUT2D eigenvalue weighted by atomic mass is 10.1. The molecule has 1 atom stereocenters. The van der Waals surface area contributed by atoms with Crippen LogP contribution < -0.4 is 14.8 Å². The number of benzene rings is 4. The molecule has 0 saturated heterocycles. The number of hydrogen-bond donors (Lipinski definition) is 1. The number of ether oxygens (including phenoxy) is 3. The van der Waals surface area contributed by atoms with Gasteiger partial charge in [-0.3, -0.25) is 4.79 Å². The van der Waals surface area contributed by atoms with Crippen molar-refractivity contribution in [2.24, 2.45) is 0 Å². The van der Waals surface area contributed by atoms with Crippen LogP contribution in [0.4, 0.5) is 5.69 Å². The molecule has 2 aromatic heterocycles. The second-order valence-corrected chi connectivity index (χ2v) is 9.19. The number of fused-ring (bicyclic) bond motifs is 4. The van der Waals surface area contributed by atoms with E-state index in [1.807, 2.05) is 72.8 Å². The molecule has 1 amide bonds. The monoisotopic (exact) mass is 535 g/mol. The topological polar surface area (TPSA) is 100 Å². The molecule has 8 nitrogen and oxygen atoms in total. The van der Waals surface area contributed by atoms with Crippen molar-refractivity contribution < 1.29 is 32.6 Å². The van der Waals surface area contributed by atoms with Crippen LogP contribution in [0.3, 0.4) is 0 Å². The Bertz CT molecular complexity index is 1850. The van der Waals surface area contributed by atoms with E-state index >= 15 is 0 Å². The maximum absolute atomic E-state index is 13.2. The summed E-state index contributed by atoms with van der Waals surface area (Å²) in [7, 11) is 1.52. The lowest BCUT2D eigenvalue weighted by molar-refractivity contribution is -0.123. The average Bonchev–Trinajstić information content (AvgIpc) is 3.54. The van der Waals surface area contributed by atoms with Gasteiger partial charge < -0.3 is 28.4 Å². The van der Waals surface area contributed by atoms with Crippen molar-refractivity contribution in [1.29, 1.82) is 0 Å². The van der Waals surface area contributed by atoms with Gasteiger partial charge in [-0.2, -0.15) is 0 Å². The summed E-state index contributed by atoms with van der Waals surface area (Å²) >= 11 is 0. The van der Waals surface area contributed by atoms with Crippen LogP contribution in [-0.4, -0.2) is 25.1 Å². The SMILES string of the molecule is COc1cc2c(cc1NC(=O)C(C)OC(=O)c1oc3ccccc3c1COc1ccccc1)oc1ccccc12. The van der Waals surface area contributed by atoms with Crippen LogP contribution >= 0.6 is 0 Å². The van der Waals surface area contributed by atoms with Gasteiger partial charge in [0, 0.05) is 22.2 Å². The maximum atomic E-state index is 13.2. The minimum absolute atomic E-state index is 0.0157. The Hall–Kier alpha value is -5.24. The van der Waals surface area contributed by atoms with Gasteiger partial charge in [-0.1, -0.05) is 54.6 Å². The lowest BCUT2D eigenvalue weighted by Gasteiger charge is -2.15. The molecule has 0 aliphatic carbocycles. The van der Waals surface area contributed by atoms with Crippen LogP contribution in [0.25, 0.3) is 32.9 Å². The highest BCUT2D eigenvalue weighted by Crippen LogP contribution is 2.36. The summed E-state index contributed by atoms with van der Waals surface area (Å²) < 4.78 is 28.7. The molecule has 1 N–H and O–H groups in total. The van der Waals surface area contributed by atoms with Gasteiger partial charge in [0.05, 0.1) is 18.4 Å². The Balaban J connectivity index is 1.22. The standard InChI is InChI=1S/C32H25NO7/c1-19(31(34)33-25-17-28-23(16-29(25)36-2)21-12-6-8-14-26(21)39-28)38-32(35)30-24(18-37-20-10-4-3-5-11-20)22-13-7-9-15-27(22)40-30/h3-17,19H,18H2,1-2H3,(H,33,34). The summed E-state index contributed by atoms with van der Waals surface area (Å²) in [5.74, 6) is -0.234. The number of amides is 1. The van der Waals surface area contributed by atoms with E-state index in [1.165, 1.54) is 14.0 Å². The van der Waals surface area contributed by atoms with E-state index in [9.17, 15) is 9.59 Å². The molecule has 4 aromatic carbocycles. The third kappa shape index (κ3) is 4.71. The van der Waals surface area contributed by atoms with E-state index < -0.39 is 18.0 Å². The van der Waals surface area contributed by atoms with Crippen molar-refractivity contribution in [2.45, 2.75) is 19.6 Å². The third-order valence-electron chi connectivity index (χ3n) is 6.62. The molecule has 0 aliphatic rings. The number of carbonyl (C=O) groups excluding carboxylic acids is 2. The van der Waals surface area contributed by atoms with Gasteiger partial charge >= 0.3 is 5.97 Å². The summed E-state index contributed by atoms with van der Waals surface area (Å²) in [5, 5.41) is 5.31. The van der Waals surface area contributed by atoms with Crippen LogP contribution in [0, 0.1) is 0 Å². The van der Waals surface area contributed by atoms with Crippen LogP contribution in [-0.2, 0) is 16.1 Å². The molecule has 8 heteroatoms. The third-order valence-corrected chi connectivity index (χ3v) is 6.62. The first-order chi connectivity index (χ1) is 19.5. The molecule has 0 saturated carbocycles. The molecular formula is C32H25NO7. The fourth-order valence-corrected chi connectivity index (χ4v) is 4.60. The number of anilines is 1. The number of carbonyl (C=O) groups is 2. The van der Waals surface area contributed by atoms with Crippen LogP contribution in [0.15, 0.2) is 99.8 Å². The van der Waals surface area contributed by atoms with Crippen molar-refractivity contribution in [3.8, 4) is 11.5 Å². The molecule has 0 spiro atoms. The summed E-state index contributed by atoms with van der Waals surface area (Å²) in [6.07, 6.45) is -1.14. The zero-order valence-electron chi connectivity index (χ0n) is 21.8. The minimum atomic E-state index is -1.14. The van der Waals surface area contributed by atoms with Crippen LogP contribution in [0.2, 0.25) is 0 Å². The van der Waals surface area contributed by atoms with Gasteiger partial charge in [-0.25, -0.2) is 4.79 Å². The Labute approximate surface area is 229 Å². The highest BCUT2D eigenvalue weighted by Gasteiger charge is 2.27. The number of nitrogens with one attached hydrogen (secondary N) is 1. The van der Waals surface area contributed by atoms with E-state index in [0.717, 1.165) is 21.7 Å². The maximum Gasteiger partial charge on any atom is 0.375 e. The number of para-hydroxylation sites is 3. The van der Waals surface area contributed by atoms with Crippen molar-refractivity contribution in [3.05, 3.63) is 102 Å². The number of hydrogen-bond acceptors (Lipinski definition) is 7. The summed E-state index contributed by atoms with van der Waals surface area (Å²) in [6.45, 7) is 1.57. The van der Waals surface area contributed by atoms with Gasteiger partial charge in [0.1, 0.15) is 34.9 Å². The second-order valence-electron chi connectivity index (χ2n) is 9.19. The zero-order chi connectivity index (χ0) is 27.6. The average molecular weight is 536 g/mol.